The van der Waals surface area contributed by atoms with E-state index in [2.05, 4.69) is 10.3 Å². The Morgan fingerprint density at radius 3 is 3.05 bits per heavy atom. The maximum absolute atomic E-state index is 11.4. The van der Waals surface area contributed by atoms with Crippen molar-refractivity contribution >= 4 is 17.0 Å². The quantitative estimate of drug-likeness (QED) is 0.603. The van der Waals surface area contributed by atoms with E-state index in [1.807, 2.05) is 22.9 Å². The lowest BCUT2D eigenvalue weighted by Gasteiger charge is -2.02. The van der Waals surface area contributed by atoms with E-state index < -0.39 is 0 Å². The minimum Gasteiger partial charge on any atom is -0.468 e. The largest absolute Gasteiger partial charge is 0.468 e. The first-order valence-corrected chi connectivity index (χ1v) is 6.45. The van der Waals surface area contributed by atoms with Crippen LogP contribution in [0.25, 0.3) is 11.0 Å². The summed E-state index contributed by atoms with van der Waals surface area (Å²) in [7, 11) is 3.06. The van der Waals surface area contributed by atoms with Crippen LogP contribution >= 0.6 is 0 Å². The van der Waals surface area contributed by atoms with Crippen molar-refractivity contribution in [3.8, 4) is 0 Å². The summed E-state index contributed by atoms with van der Waals surface area (Å²) in [5.74, 6) is -0.286. The van der Waals surface area contributed by atoms with Crippen molar-refractivity contribution < 1.29 is 14.3 Å². The minimum atomic E-state index is -0.286. The van der Waals surface area contributed by atoms with Crippen LogP contribution in [0.2, 0.25) is 0 Å². The number of rotatable bonds is 7. The number of nitrogens with zero attached hydrogens (tertiary/aromatic N) is 2. The summed E-state index contributed by atoms with van der Waals surface area (Å²) in [5.41, 5.74) is 1.90. The number of methoxy groups -OCH3 is 2. The molecule has 0 saturated carbocycles. The number of aromatic nitrogens is 2. The van der Waals surface area contributed by atoms with Gasteiger partial charge < -0.3 is 19.4 Å². The Balaban J connectivity index is 2.19. The van der Waals surface area contributed by atoms with Crippen LogP contribution in [-0.2, 0) is 27.4 Å². The summed E-state index contributed by atoms with van der Waals surface area (Å²) in [6, 6.07) is 3.90. The van der Waals surface area contributed by atoms with Crippen LogP contribution < -0.4 is 5.32 Å². The van der Waals surface area contributed by atoms with Gasteiger partial charge in [0.15, 0.2) is 0 Å². The third-order valence-corrected chi connectivity index (χ3v) is 3.04. The summed E-state index contributed by atoms with van der Waals surface area (Å²) in [6.45, 7) is 2.32. The highest BCUT2D eigenvalue weighted by atomic mass is 16.5. The summed E-state index contributed by atoms with van der Waals surface area (Å²) >= 11 is 0. The molecule has 0 aromatic carbocycles. The molecule has 6 nitrogen and oxygen atoms in total. The van der Waals surface area contributed by atoms with E-state index in [-0.39, 0.29) is 12.5 Å². The van der Waals surface area contributed by atoms with Gasteiger partial charge in [0, 0.05) is 38.0 Å². The molecule has 2 aromatic heterocycles. The van der Waals surface area contributed by atoms with Crippen LogP contribution in [0, 0.1) is 0 Å². The Labute approximate surface area is 117 Å². The number of pyridine rings is 1. The average Bonchev–Trinajstić information content (AvgIpc) is 2.82. The molecular formula is C14H19N3O3. The number of carbonyl (C=O) groups excluding carboxylic acids is 1. The van der Waals surface area contributed by atoms with E-state index in [0.29, 0.717) is 13.2 Å². The van der Waals surface area contributed by atoms with E-state index >= 15 is 0 Å². The Morgan fingerprint density at radius 1 is 1.45 bits per heavy atom. The van der Waals surface area contributed by atoms with E-state index in [1.54, 1.807) is 13.3 Å². The fourth-order valence-corrected chi connectivity index (χ4v) is 2.06. The molecular weight excluding hydrogens is 258 g/mol. The van der Waals surface area contributed by atoms with Crippen LogP contribution in [-0.4, -0.2) is 42.9 Å². The number of ether oxygens (including phenoxy) is 2. The van der Waals surface area contributed by atoms with Gasteiger partial charge in [-0.2, -0.15) is 0 Å². The highest BCUT2D eigenvalue weighted by Gasteiger charge is 2.11. The molecule has 0 amide bonds. The number of hydrogen-bond acceptors (Lipinski definition) is 5. The Hall–Kier alpha value is -1.92. The van der Waals surface area contributed by atoms with Gasteiger partial charge in [-0.05, 0) is 17.7 Å². The third-order valence-electron chi connectivity index (χ3n) is 3.04. The second-order valence-corrected chi connectivity index (χ2v) is 4.40. The highest BCUT2D eigenvalue weighted by molar-refractivity contribution is 5.82. The standard InChI is InChI=1S/C14H19N3O3/c1-19-7-6-15-8-11-9-17(10-13(18)20-2)14-12(11)4-3-5-16-14/h3-5,9,15H,6-8,10H2,1-2H3. The number of nitrogens with one attached hydrogen (secondary N) is 1. The van der Waals surface area contributed by atoms with Crippen molar-refractivity contribution in [2.24, 2.45) is 0 Å². The molecule has 0 aliphatic heterocycles. The average molecular weight is 277 g/mol. The van der Waals surface area contributed by atoms with Gasteiger partial charge in [0.25, 0.3) is 0 Å². The summed E-state index contributed by atoms with van der Waals surface area (Å²) in [5, 5.41) is 4.34. The molecule has 0 unspecified atom stereocenters. The van der Waals surface area contributed by atoms with Gasteiger partial charge in [-0.3, -0.25) is 4.79 Å². The Bertz CT molecular complexity index is 580. The zero-order valence-corrected chi connectivity index (χ0v) is 11.8. The van der Waals surface area contributed by atoms with E-state index in [1.165, 1.54) is 7.11 Å². The smallest absolute Gasteiger partial charge is 0.325 e. The molecule has 108 valence electrons. The molecule has 0 saturated heterocycles. The van der Waals surface area contributed by atoms with Gasteiger partial charge in [-0.25, -0.2) is 4.98 Å². The molecule has 0 bridgehead atoms. The molecule has 20 heavy (non-hydrogen) atoms. The van der Waals surface area contributed by atoms with Crippen molar-refractivity contribution in [1.82, 2.24) is 14.9 Å². The SMILES string of the molecule is COCCNCc1cn(CC(=O)OC)c2ncccc12. The fraction of sp³-hybridized carbons (Fsp3) is 0.429. The number of fused-ring (bicyclic) bond motifs is 1. The lowest BCUT2D eigenvalue weighted by molar-refractivity contribution is -0.141. The van der Waals surface area contributed by atoms with E-state index in [9.17, 15) is 4.79 Å². The van der Waals surface area contributed by atoms with Gasteiger partial charge >= 0.3 is 5.97 Å². The lowest BCUT2D eigenvalue weighted by atomic mass is 10.2. The monoisotopic (exact) mass is 277 g/mol. The molecule has 6 heteroatoms. The van der Waals surface area contributed by atoms with Gasteiger partial charge in [0.05, 0.1) is 13.7 Å². The lowest BCUT2D eigenvalue weighted by Crippen LogP contribution is -2.18. The van der Waals surface area contributed by atoms with Crippen LogP contribution in [0.3, 0.4) is 0 Å². The number of carbonyl (C=O) groups is 1. The maximum Gasteiger partial charge on any atom is 0.325 e. The molecule has 0 spiro atoms. The van der Waals surface area contributed by atoms with E-state index in [4.69, 9.17) is 9.47 Å². The first kappa shape index (κ1) is 14.5. The zero-order valence-electron chi connectivity index (χ0n) is 11.8. The van der Waals surface area contributed by atoms with Crippen molar-refractivity contribution in [2.75, 3.05) is 27.4 Å². The first-order valence-electron chi connectivity index (χ1n) is 6.45. The van der Waals surface area contributed by atoms with Crippen molar-refractivity contribution in [2.45, 2.75) is 13.1 Å². The normalized spacial score (nSPS) is 10.9. The minimum absolute atomic E-state index is 0.169. The molecule has 2 heterocycles. The van der Waals surface area contributed by atoms with Gasteiger partial charge in [0.2, 0.25) is 0 Å². The number of esters is 1. The molecule has 0 aliphatic rings. The molecule has 0 atom stereocenters. The fourth-order valence-electron chi connectivity index (χ4n) is 2.06. The Kier molecular flexibility index (Phi) is 5.09. The van der Waals surface area contributed by atoms with Crippen LogP contribution in [0.5, 0.6) is 0 Å². The van der Waals surface area contributed by atoms with Gasteiger partial charge in [-0.1, -0.05) is 0 Å². The maximum atomic E-state index is 11.4. The summed E-state index contributed by atoms with van der Waals surface area (Å²) in [6.07, 6.45) is 3.66. The predicted molar refractivity (Wildman–Crippen MR) is 75.3 cm³/mol. The first-order chi connectivity index (χ1) is 9.76. The van der Waals surface area contributed by atoms with Crippen molar-refractivity contribution in [3.63, 3.8) is 0 Å². The highest BCUT2D eigenvalue weighted by Crippen LogP contribution is 2.19. The van der Waals surface area contributed by atoms with E-state index in [0.717, 1.165) is 23.1 Å². The molecule has 2 aromatic rings. The topological polar surface area (TPSA) is 65.4 Å². The third kappa shape index (κ3) is 3.34. The van der Waals surface area contributed by atoms with Gasteiger partial charge in [-0.15, -0.1) is 0 Å². The second-order valence-electron chi connectivity index (χ2n) is 4.40. The Morgan fingerprint density at radius 2 is 2.30 bits per heavy atom. The van der Waals surface area contributed by atoms with Crippen molar-refractivity contribution in [1.29, 1.82) is 0 Å². The second kappa shape index (κ2) is 7.02. The van der Waals surface area contributed by atoms with Crippen molar-refractivity contribution in [3.05, 3.63) is 30.1 Å². The van der Waals surface area contributed by atoms with Gasteiger partial charge in [0.1, 0.15) is 12.2 Å². The van der Waals surface area contributed by atoms with Crippen LogP contribution in [0.15, 0.2) is 24.5 Å². The van der Waals surface area contributed by atoms with Crippen LogP contribution in [0.4, 0.5) is 0 Å². The molecule has 0 fully saturated rings. The van der Waals surface area contributed by atoms with Crippen LogP contribution in [0.1, 0.15) is 5.56 Å². The summed E-state index contributed by atoms with van der Waals surface area (Å²) in [4.78, 5) is 15.8. The molecule has 1 N–H and O–H groups in total. The molecule has 0 aliphatic carbocycles. The molecule has 0 radical (unpaired) electrons. The predicted octanol–water partition coefficient (Wildman–Crippen LogP) is 0.945. The molecule has 2 rings (SSSR count). The zero-order chi connectivity index (χ0) is 14.4. The summed E-state index contributed by atoms with van der Waals surface area (Å²) < 4.78 is 11.5. The number of hydrogen-bond donors (Lipinski definition) is 1.